The van der Waals surface area contributed by atoms with Crippen molar-refractivity contribution in [2.45, 2.75) is 30.3 Å². The molecule has 1 aliphatic rings. The molecule has 1 atom stereocenters. The van der Waals surface area contributed by atoms with Gasteiger partial charge in [-0.05, 0) is 43.2 Å². The van der Waals surface area contributed by atoms with Gasteiger partial charge in [-0.15, -0.1) is 16.2 Å². The molecule has 2 heterocycles. The van der Waals surface area contributed by atoms with E-state index in [9.17, 15) is 17.6 Å². The summed E-state index contributed by atoms with van der Waals surface area (Å²) in [7, 11) is -3.89. The normalized spacial score (nSPS) is 17.3. The number of carbonyl (C=O) groups excluding carboxylic acids is 1. The SMILES string of the molecule is Cc1nnc2c(c1C)C=C(C(=O)NCc1ccc(S(=O)(=O)CF)cc1)[SH]2N. The predicted molar refractivity (Wildman–Crippen MR) is 102 cm³/mol. The van der Waals surface area contributed by atoms with E-state index in [1.54, 1.807) is 6.08 Å². The lowest BCUT2D eigenvalue weighted by molar-refractivity contribution is -0.116. The lowest BCUT2D eigenvalue weighted by Crippen LogP contribution is -2.25. The van der Waals surface area contributed by atoms with E-state index in [-0.39, 0.29) is 17.3 Å². The highest BCUT2D eigenvalue weighted by atomic mass is 32.2. The summed E-state index contributed by atoms with van der Waals surface area (Å²) in [4.78, 5) is 12.9. The Morgan fingerprint density at radius 2 is 1.89 bits per heavy atom. The van der Waals surface area contributed by atoms with Crippen LogP contribution in [0, 0.1) is 13.8 Å². The zero-order valence-corrected chi connectivity index (χ0v) is 16.4. The Labute approximate surface area is 159 Å². The highest BCUT2D eigenvalue weighted by Crippen LogP contribution is 2.46. The van der Waals surface area contributed by atoms with E-state index in [1.807, 2.05) is 13.8 Å². The number of nitrogens with zero attached hydrogens (tertiary/aromatic N) is 2. The quantitative estimate of drug-likeness (QED) is 0.647. The van der Waals surface area contributed by atoms with Crippen molar-refractivity contribution >= 4 is 32.9 Å². The summed E-state index contributed by atoms with van der Waals surface area (Å²) in [6.07, 6.45) is 1.75. The molecule has 1 aromatic heterocycles. The van der Waals surface area contributed by atoms with Crippen molar-refractivity contribution in [3.8, 4) is 0 Å². The standard InChI is InChI=1S/C17H19FN4O3S2/c1-10-11(2)21-22-17-14(10)7-15(26(17)19)16(23)20-8-12-3-5-13(6-4-12)27(24,25)9-18/h3-7,26H,8-9,19H2,1-2H3,(H,20,23). The molecular weight excluding hydrogens is 391 g/mol. The van der Waals surface area contributed by atoms with Gasteiger partial charge in [0.25, 0.3) is 5.91 Å². The molecule has 27 heavy (non-hydrogen) atoms. The molecule has 1 aliphatic heterocycles. The monoisotopic (exact) mass is 410 g/mol. The van der Waals surface area contributed by atoms with Crippen LogP contribution in [0.1, 0.15) is 22.4 Å². The first-order valence-corrected chi connectivity index (χ1v) is 11.1. The van der Waals surface area contributed by atoms with Crippen molar-refractivity contribution in [3.63, 3.8) is 0 Å². The summed E-state index contributed by atoms with van der Waals surface area (Å²) in [5.41, 5.74) is 3.27. The number of thiol groups is 1. The van der Waals surface area contributed by atoms with Crippen LogP contribution in [-0.2, 0) is 21.2 Å². The Hall–Kier alpha value is -2.30. The van der Waals surface area contributed by atoms with Crippen LogP contribution < -0.4 is 10.5 Å². The van der Waals surface area contributed by atoms with Crippen molar-refractivity contribution in [3.05, 3.63) is 51.6 Å². The first-order valence-electron chi connectivity index (χ1n) is 8.01. The third kappa shape index (κ3) is 3.73. The van der Waals surface area contributed by atoms with Gasteiger partial charge in [-0.25, -0.2) is 12.8 Å². The number of aryl methyl sites for hydroxylation is 1. The predicted octanol–water partition coefficient (Wildman–Crippen LogP) is 1.70. The van der Waals surface area contributed by atoms with Crippen molar-refractivity contribution in [1.29, 1.82) is 0 Å². The van der Waals surface area contributed by atoms with Crippen LogP contribution in [0.25, 0.3) is 6.08 Å². The second kappa shape index (κ2) is 7.37. The maximum atomic E-state index is 12.5. The summed E-state index contributed by atoms with van der Waals surface area (Å²) in [6, 6.07) is 4.26. The van der Waals surface area contributed by atoms with Crippen molar-refractivity contribution < 1.29 is 17.6 Å². The largest absolute Gasteiger partial charge is 0.348 e. The zero-order chi connectivity index (χ0) is 19.8. The second-order valence-corrected chi connectivity index (χ2v) is 9.66. The number of carbonyl (C=O) groups is 1. The van der Waals surface area contributed by atoms with Gasteiger partial charge in [0, 0.05) is 12.1 Å². The minimum atomic E-state index is -3.89. The lowest BCUT2D eigenvalue weighted by Gasteiger charge is -2.14. The summed E-state index contributed by atoms with van der Waals surface area (Å²) < 4.78 is 35.5. The fraction of sp³-hybridized carbons (Fsp3) is 0.235. The number of hydrogen-bond acceptors (Lipinski definition) is 6. The van der Waals surface area contributed by atoms with Gasteiger partial charge in [-0.1, -0.05) is 12.1 Å². The van der Waals surface area contributed by atoms with E-state index in [2.05, 4.69) is 15.5 Å². The third-order valence-corrected chi connectivity index (χ3v) is 7.28. The second-order valence-electron chi connectivity index (χ2n) is 6.10. The van der Waals surface area contributed by atoms with Gasteiger partial charge in [0.2, 0.25) is 9.84 Å². The van der Waals surface area contributed by atoms with E-state index >= 15 is 0 Å². The molecule has 0 fully saturated rings. The smallest absolute Gasteiger partial charge is 0.257 e. The summed E-state index contributed by atoms with van der Waals surface area (Å²) in [6.45, 7) is 3.95. The first-order chi connectivity index (χ1) is 12.7. The van der Waals surface area contributed by atoms with Crippen LogP contribution in [0.5, 0.6) is 0 Å². The number of fused-ring (bicyclic) bond motifs is 1. The summed E-state index contributed by atoms with van der Waals surface area (Å²) in [5.74, 6) is -0.306. The molecule has 1 unspecified atom stereocenters. The number of benzene rings is 1. The van der Waals surface area contributed by atoms with Crippen LogP contribution in [0.15, 0.2) is 39.1 Å². The van der Waals surface area contributed by atoms with Crippen molar-refractivity contribution in [2.24, 2.45) is 5.14 Å². The highest BCUT2D eigenvalue weighted by molar-refractivity contribution is 8.19. The molecule has 0 saturated heterocycles. The maximum Gasteiger partial charge on any atom is 0.257 e. The minimum Gasteiger partial charge on any atom is -0.348 e. The van der Waals surface area contributed by atoms with E-state index in [1.165, 1.54) is 24.3 Å². The van der Waals surface area contributed by atoms with Gasteiger partial charge in [-0.3, -0.25) is 9.93 Å². The average Bonchev–Trinajstić information content (AvgIpc) is 3.00. The Morgan fingerprint density at radius 1 is 1.22 bits per heavy atom. The fourth-order valence-electron chi connectivity index (χ4n) is 2.61. The molecule has 0 spiro atoms. The van der Waals surface area contributed by atoms with Gasteiger partial charge in [0.1, 0.15) is 5.03 Å². The van der Waals surface area contributed by atoms with Crippen LogP contribution in [-0.4, -0.2) is 30.5 Å². The Balaban J connectivity index is 1.71. The van der Waals surface area contributed by atoms with Gasteiger partial charge in [0.05, 0.1) is 15.5 Å². The molecule has 7 nitrogen and oxygen atoms in total. The molecule has 2 aromatic rings. The molecule has 0 saturated carbocycles. The molecule has 3 N–H and O–H groups in total. The maximum absolute atomic E-state index is 12.5. The number of aromatic nitrogens is 2. The first kappa shape index (κ1) is 19.5. The summed E-state index contributed by atoms with van der Waals surface area (Å²) in [5, 5.41) is 17.8. The average molecular weight is 410 g/mol. The molecule has 0 radical (unpaired) electrons. The molecule has 0 bridgehead atoms. The Bertz CT molecular complexity index is 1040. The van der Waals surface area contributed by atoms with E-state index in [4.69, 9.17) is 5.14 Å². The van der Waals surface area contributed by atoms with Crippen LogP contribution in [0.2, 0.25) is 0 Å². The molecular formula is C17H19FN4O3S2. The molecule has 3 rings (SSSR count). The number of alkyl halides is 1. The molecule has 10 heteroatoms. The number of nitrogens with one attached hydrogen (secondary N) is 1. The number of hydrogen-bond donors (Lipinski definition) is 3. The zero-order valence-electron chi connectivity index (χ0n) is 14.7. The van der Waals surface area contributed by atoms with E-state index in [0.29, 0.717) is 15.5 Å². The van der Waals surface area contributed by atoms with Gasteiger partial charge in [0.15, 0.2) is 6.01 Å². The number of nitrogens with two attached hydrogens (primary N) is 1. The minimum absolute atomic E-state index is 0.0936. The lowest BCUT2D eigenvalue weighted by atomic mass is 10.1. The number of sulfone groups is 1. The van der Waals surface area contributed by atoms with Crippen LogP contribution in [0.3, 0.4) is 0 Å². The van der Waals surface area contributed by atoms with Crippen molar-refractivity contribution in [1.82, 2.24) is 15.5 Å². The third-order valence-electron chi connectivity index (χ3n) is 4.36. The van der Waals surface area contributed by atoms with Gasteiger partial charge >= 0.3 is 0 Å². The molecule has 0 aliphatic carbocycles. The molecule has 1 aromatic carbocycles. The number of halogens is 1. The number of rotatable bonds is 5. The highest BCUT2D eigenvalue weighted by Gasteiger charge is 2.27. The van der Waals surface area contributed by atoms with Crippen molar-refractivity contribution in [2.75, 3.05) is 6.01 Å². The molecule has 1 amide bonds. The van der Waals surface area contributed by atoms with Crippen LogP contribution in [0.4, 0.5) is 4.39 Å². The fourth-order valence-corrected chi connectivity index (χ4v) is 4.71. The Morgan fingerprint density at radius 3 is 2.52 bits per heavy atom. The number of amides is 1. The molecule has 144 valence electrons. The van der Waals surface area contributed by atoms with Crippen LogP contribution >= 0.6 is 11.1 Å². The van der Waals surface area contributed by atoms with E-state index < -0.39 is 26.9 Å². The summed E-state index contributed by atoms with van der Waals surface area (Å²) >= 11 is -1.36. The topological polar surface area (TPSA) is 115 Å². The van der Waals surface area contributed by atoms with E-state index in [0.717, 1.165) is 16.8 Å². The Kier molecular flexibility index (Phi) is 5.31. The van der Waals surface area contributed by atoms with Gasteiger partial charge < -0.3 is 5.32 Å². The van der Waals surface area contributed by atoms with Gasteiger partial charge in [-0.2, -0.15) is 5.10 Å².